The molecule has 2 heteroatoms. The molecule has 0 radical (unpaired) electrons. The van der Waals surface area contributed by atoms with Crippen molar-refractivity contribution in [1.29, 1.82) is 0 Å². The van der Waals surface area contributed by atoms with E-state index in [1.165, 1.54) is 0 Å². The van der Waals surface area contributed by atoms with Crippen molar-refractivity contribution in [3.63, 3.8) is 0 Å². The normalized spacial score (nSPS) is 10.7. The van der Waals surface area contributed by atoms with Crippen LogP contribution in [0.15, 0.2) is 0 Å². The Morgan fingerprint density at radius 3 is 1.78 bits per heavy atom. The van der Waals surface area contributed by atoms with Gasteiger partial charge in [0.05, 0.1) is 0 Å². The van der Waals surface area contributed by atoms with Gasteiger partial charge in [-0.1, -0.05) is 33.1 Å². The van der Waals surface area contributed by atoms with Crippen LogP contribution in [0, 0.1) is 5.41 Å². The summed E-state index contributed by atoms with van der Waals surface area (Å²) in [5.74, 6) is 0. The number of nitrogens with zero attached hydrogens (tertiary/aromatic N) is 1. The van der Waals surface area contributed by atoms with Gasteiger partial charge in [0.15, 0.2) is 0 Å². The van der Waals surface area contributed by atoms with Gasteiger partial charge in [-0.25, -0.2) is 0 Å². The molecular formula is C7H16LiN. The molecule has 0 aliphatic heterocycles. The van der Waals surface area contributed by atoms with Crippen LogP contribution in [0.3, 0.4) is 0 Å². The monoisotopic (exact) mass is 121 g/mol. The number of rotatable bonds is 2. The summed E-state index contributed by atoms with van der Waals surface area (Å²) in [5, 5.41) is 4.24. The fourth-order valence-electron chi connectivity index (χ4n) is 0.447. The van der Waals surface area contributed by atoms with Gasteiger partial charge in [-0.3, -0.25) is 0 Å². The summed E-state index contributed by atoms with van der Waals surface area (Å²) in [6.07, 6.45) is 0. The largest absolute Gasteiger partial charge is 1.00 e. The van der Waals surface area contributed by atoms with E-state index in [1.54, 1.807) is 0 Å². The molecule has 0 N–H and O–H groups in total. The Kier molecular flexibility index (Phi) is 7.29. The molecule has 0 aromatic heterocycles. The average Bonchev–Trinajstić information content (AvgIpc) is 1.59. The van der Waals surface area contributed by atoms with Gasteiger partial charge in [0, 0.05) is 0 Å². The standard InChI is InChI=1S/C7H16N.Li/c1-5-8-6-7(2,3)4;/h5-6H2,1-4H3;/q-1;+1. The molecule has 0 aromatic carbocycles. The van der Waals surface area contributed by atoms with E-state index in [1.807, 2.05) is 0 Å². The van der Waals surface area contributed by atoms with Crippen molar-refractivity contribution in [2.45, 2.75) is 27.7 Å². The van der Waals surface area contributed by atoms with E-state index in [9.17, 15) is 0 Å². The molecule has 50 valence electrons. The second kappa shape index (κ2) is 5.35. The topological polar surface area (TPSA) is 14.1 Å². The van der Waals surface area contributed by atoms with E-state index in [-0.39, 0.29) is 18.9 Å². The van der Waals surface area contributed by atoms with Crippen molar-refractivity contribution in [3.8, 4) is 0 Å². The quantitative estimate of drug-likeness (QED) is 0.434. The molecular weight excluding hydrogens is 105 g/mol. The number of hydrogen-bond acceptors (Lipinski definition) is 0. The molecule has 0 aliphatic rings. The fourth-order valence-corrected chi connectivity index (χ4v) is 0.447. The molecule has 0 spiro atoms. The molecule has 0 aromatic rings. The van der Waals surface area contributed by atoms with Crippen LogP contribution in [0.1, 0.15) is 27.7 Å². The fraction of sp³-hybridized carbons (Fsp3) is 1.00. The molecule has 0 fully saturated rings. The predicted octanol–water partition coefficient (Wildman–Crippen LogP) is -0.570. The van der Waals surface area contributed by atoms with E-state index in [0.717, 1.165) is 13.1 Å². The molecule has 0 saturated carbocycles. The first-order valence-corrected chi connectivity index (χ1v) is 3.19. The van der Waals surface area contributed by atoms with Crippen LogP contribution in [-0.2, 0) is 0 Å². The Morgan fingerprint density at radius 2 is 1.67 bits per heavy atom. The summed E-state index contributed by atoms with van der Waals surface area (Å²) in [5.41, 5.74) is 0.385. The molecule has 9 heavy (non-hydrogen) atoms. The Hall–Kier alpha value is 0.557. The van der Waals surface area contributed by atoms with Crippen LogP contribution >= 0.6 is 0 Å². The summed E-state index contributed by atoms with van der Waals surface area (Å²) in [4.78, 5) is 0. The molecule has 0 rings (SSSR count). The minimum Gasteiger partial charge on any atom is -0.662 e. The molecule has 0 heterocycles. The first kappa shape index (κ1) is 12.3. The van der Waals surface area contributed by atoms with Crippen molar-refractivity contribution >= 4 is 0 Å². The van der Waals surface area contributed by atoms with E-state index < -0.39 is 0 Å². The SMILES string of the molecule is CC[N-]CC(C)(C)C.[Li+]. The molecule has 0 unspecified atom stereocenters. The smallest absolute Gasteiger partial charge is 0.662 e. The summed E-state index contributed by atoms with van der Waals surface area (Å²) in [6.45, 7) is 10.6. The van der Waals surface area contributed by atoms with Gasteiger partial charge >= 0.3 is 18.9 Å². The minimum atomic E-state index is 0. The van der Waals surface area contributed by atoms with Gasteiger partial charge in [-0.05, 0) is 0 Å². The van der Waals surface area contributed by atoms with Crippen molar-refractivity contribution in [2.24, 2.45) is 5.41 Å². The maximum absolute atomic E-state index is 4.24. The Balaban J connectivity index is 0. The second-order valence-electron chi connectivity index (χ2n) is 3.26. The van der Waals surface area contributed by atoms with Gasteiger partial charge < -0.3 is 5.32 Å². The van der Waals surface area contributed by atoms with E-state index >= 15 is 0 Å². The molecule has 0 atom stereocenters. The first-order valence-electron chi connectivity index (χ1n) is 3.19. The third-order valence-corrected chi connectivity index (χ3v) is 0.810. The summed E-state index contributed by atoms with van der Waals surface area (Å²) >= 11 is 0. The Morgan fingerprint density at radius 1 is 1.22 bits per heavy atom. The molecule has 0 amide bonds. The van der Waals surface area contributed by atoms with Gasteiger partial charge in [0.1, 0.15) is 0 Å². The van der Waals surface area contributed by atoms with Gasteiger partial charge in [-0.2, -0.15) is 6.54 Å². The summed E-state index contributed by atoms with van der Waals surface area (Å²) in [7, 11) is 0. The zero-order valence-electron chi connectivity index (χ0n) is 7.36. The zero-order valence-corrected chi connectivity index (χ0v) is 7.36. The van der Waals surface area contributed by atoms with Crippen LogP contribution in [0.4, 0.5) is 0 Å². The van der Waals surface area contributed by atoms with Crippen LogP contribution in [0.25, 0.3) is 5.32 Å². The van der Waals surface area contributed by atoms with Crippen LogP contribution in [0.5, 0.6) is 0 Å². The number of hydrogen-bond donors (Lipinski definition) is 0. The maximum atomic E-state index is 4.24. The van der Waals surface area contributed by atoms with Crippen LogP contribution < -0.4 is 18.9 Å². The van der Waals surface area contributed by atoms with Crippen LogP contribution in [0.2, 0.25) is 0 Å². The summed E-state index contributed by atoms with van der Waals surface area (Å²) in [6, 6.07) is 0. The van der Waals surface area contributed by atoms with Crippen molar-refractivity contribution in [1.82, 2.24) is 0 Å². The second-order valence-corrected chi connectivity index (χ2v) is 3.26. The van der Waals surface area contributed by atoms with Crippen molar-refractivity contribution in [2.75, 3.05) is 13.1 Å². The third-order valence-electron chi connectivity index (χ3n) is 0.810. The van der Waals surface area contributed by atoms with E-state index in [2.05, 4.69) is 33.0 Å². The zero-order chi connectivity index (χ0) is 6.62. The Labute approximate surface area is 70.8 Å². The van der Waals surface area contributed by atoms with Gasteiger partial charge in [0.2, 0.25) is 0 Å². The third kappa shape index (κ3) is 11.9. The maximum Gasteiger partial charge on any atom is 1.00 e. The average molecular weight is 121 g/mol. The van der Waals surface area contributed by atoms with Gasteiger partial charge in [-0.15, -0.1) is 6.54 Å². The van der Waals surface area contributed by atoms with E-state index in [0.29, 0.717) is 5.41 Å². The van der Waals surface area contributed by atoms with Crippen LogP contribution in [-0.4, -0.2) is 13.1 Å². The summed E-state index contributed by atoms with van der Waals surface area (Å²) < 4.78 is 0. The molecule has 0 saturated heterocycles. The molecule has 0 aliphatic carbocycles. The van der Waals surface area contributed by atoms with Crippen molar-refractivity contribution in [3.05, 3.63) is 5.32 Å². The van der Waals surface area contributed by atoms with Gasteiger partial charge in [0.25, 0.3) is 0 Å². The molecule has 1 nitrogen and oxygen atoms in total. The minimum absolute atomic E-state index is 0. The molecule has 0 bridgehead atoms. The van der Waals surface area contributed by atoms with E-state index in [4.69, 9.17) is 0 Å². The first-order chi connectivity index (χ1) is 3.56. The Bertz CT molecular complexity index is 56.4. The van der Waals surface area contributed by atoms with Crippen molar-refractivity contribution < 1.29 is 18.9 Å². The predicted molar refractivity (Wildman–Crippen MR) is 38.2 cm³/mol.